The average Bonchev–Trinajstić information content (AvgIpc) is 2.57. The van der Waals surface area contributed by atoms with E-state index in [2.05, 4.69) is 62.6 Å². The third kappa shape index (κ3) is 5.82. The molecule has 2 aromatic rings. The van der Waals surface area contributed by atoms with Gasteiger partial charge in [0.25, 0.3) is 5.91 Å². The van der Waals surface area contributed by atoms with Crippen molar-refractivity contribution in [2.24, 2.45) is 0 Å². The molecule has 0 fully saturated rings. The van der Waals surface area contributed by atoms with Crippen molar-refractivity contribution in [2.45, 2.75) is 33.2 Å². The van der Waals surface area contributed by atoms with Crippen LogP contribution in [0.25, 0.3) is 0 Å². The van der Waals surface area contributed by atoms with E-state index in [4.69, 9.17) is 0 Å². The van der Waals surface area contributed by atoms with Crippen LogP contribution in [0.1, 0.15) is 29.2 Å². The molecule has 0 spiro atoms. The van der Waals surface area contributed by atoms with Gasteiger partial charge in [-0.05, 0) is 36.5 Å². The summed E-state index contributed by atoms with van der Waals surface area (Å²) in [6, 6.07) is 17.0. The number of hydrogen-bond acceptors (Lipinski definition) is 1. The number of carbonyl (C=O) groups excluding carboxylic acids is 1. The van der Waals surface area contributed by atoms with Crippen molar-refractivity contribution in [1.29, 1.82) is 0 Å². The summed E-state index contributed by atoms with van der Waals surface area (Å²) in [7, 11) is 2.06. The summed E-state index contributed by atoms with van der Waals surface area (Å²) in [5.41, 5.74) is 5.21. The van der Waals surface area contributed by atoms with Crippen LogP contribution in [0.3, 0.4) is 0 Å². The Bertz CT molecular complexity index is 649. The second kappa shape index (κ2) is 9.24. The normalized spacial score (nSPS) is 12.0. The van der Waals surface area contributed by atoms with E-state index in [1.807, 2.05) is 12.1 Å². The summed E-state index contributed by atoms with van der Waals surface area (Å²) in [6.45, 7) is 6.34. The number of hydrogen-bond donors (Lipinski definition) is 2. The molecule has 1 amide bonds. The lowest BCUT2D eigenvalue weighted by molar-refractivity contribution is -0.885. The van der Waals surface area contributed by atoms with Crippen molar-refractivity contribution in [1.82, 2.24) is 5.32 Å². The maximum atomic E-state index is 12.1. The van der Waals surface area contributed by atoms with E-state index in [0.29, 0.717) is 13.1 Å². The molecule has 0 aliphatic carbocycles. The Morgan fingerprint density at radius 2 is 1.71 bits per heavy atom. The van der Waals surface area contributed by atoms with Crippen molar-refractivity contribution in [3.63, 3.8) is 0 Å². The summed E-state index contributed by atoms with van der Waals surface area (Å²) in [4.78, 5) is 13.3. The number of carbonyl (C=O) groups is 1. The Balaban J connectivity index is 1.72. The first-order valence-corrected chi connectivity index (χ1v) is 8.78. The highest BCUT2D eigenvalue weighted by molar-refractivity contribution is 5.76. The summed E-state index contributed by atoms with van der Waals surface area (Å²) in [5.74, 6) is 0.117. The Morgan fingerprint density at radius 3 is 2.38 bits per heavy atom. The van der Waals surface area contributed by atoms with Gasteiger partial charge in [0, 0.05) is 12.1 Å². The molecule has 2 N–H and O–H groups in total. The standard InChI is InChI=1S/C21H28N2O/c1-4-18-9-11-19(12-10-18)15-23(3)16-21(24)22-14-13-20-8-6-5-7-17(20)2/h5-12H,4,13-16H2,1-3H3,(H,22,24)/p+1. The van der Waals surface area contributed by atoms with Gasteiger partial charge in [0.1, 0.15) is 6.54 Å². The minimum Gasteiger partial charge on any atom is -0.351 e. The maximum absolute atomic E-state index is 12.1. The van der Waals surface area contributed by atoms with Crippen LogP contribution in [0, 0.1) is 6.92 Å². The second-order valence-corrected chi connectivity index (χ2v) is 6.51. The van der Waals surface area contributed by atoms with Crippen LogP contribution in [0.5, 0.6) is 0 Å². The number of aryl methyl sites for hydroxylation is 2. The lowest BCUT2D eigenvalue weighted by Crippen LogP contribution is -3.08. The molecule has 0 heterocycles. The quantitative estimate of drug-likeness (QED) is 0.764. The van der Waals surface area contributed by atoms with E-state index in [-0.39, 0.29) is 5.91 Å². The number of amides is 1. The summed E-state index contributed by atoms with van der Waals surface area (Å²) < 4.78 is 0. The molecule has 3 heteroatoms. The molecular weight excluding hydrogens is 296 g/mol. The van der Waals surface area contributed by atoms with Gasteiger partial charge < -0.3 is 10.2 Å². The van der Waals surface area contributed by atoms with Crippen molar-refractivity contribution < 1.29 is 9.69 Å². The zero-order chi connectivity index (χ0) is 17.4. The highest BCUT2D eigenvalue weighted by Gasteiger charge is 2.10. The Labute approximate surface area is 145 Å². The van der Waals surface area contributed by atoms with Crippen LogP contribution >= 0.6 is 0 Å². The van der Waals surface area contributed by atoms with Crippen molar-refractivity contribution in [3.05, 3.63) is 70.8 Å². The van der Waals surface area contributed by atoms with Gasteiger partial charge in [-0.25, -0.2) is 0 Å². The van der Waals surface area contributed by atoms with Gasteiger partial charge in [-0.3, -0.25) is 4.79 Å². The van der Waals surface area contributed by atoms with E-state index in [9.17, 15) is 4.79 Å². The largest absolute Gasteiger partial charge is 0.351 e. The van der Waals surface area contributed by atoms with Gasteiger partial charge in [-0.15, -0.1) is 0 Å². The molecule has 0 saturated heterocycles. The van der Waals surface area contributed by atoms with Crippen LogP contribution in [0.4, 0.5) is 0 Å². The van der Waals surface area contributed by atoms with Crippen molar-refractivity contribution in [2.75, 3.05) is 20.1 Å². The molecule has 2 aromatic carbocycles. The first-order valence-electron chi connectivity index (χ1n) is 8.78. The Hall–Kier alpha value is -2.13. The molecule has 0 bridgehead atoms. The lowest BCUT2D eigenvalue weighted by Gasteiger charge is -2.14. The number of likely N-dealkylation sites (N-methyl/N-ethyl adjacent to an activating group) is 1. The predicted octanol–water partition coefficient (Wildman–Crippen LogP) is 1.93. The third-order valence-electron chi connectivity index (χ3n) is 4.38. The van der Waals surface area contributed by atoms with E-state index < -0.39 is 0 Å². The molecule has 0 aliphatic rings. The predicted molar refractivity (Wildman–Crippen MR) is 99.2 cm³/mol. The molecule has 0 radical (unpaired) electrons. The number of rotatable bonds is 8. The number of benzene rings is 2. The minimum atomic E-state index is 0.117. The summed E-state index contributed by atoms with van der Waals surface area (Å²) >= 11 is 0. The molecule has 24 heavy (non-hydrogen) atoms. The van der Waals surface area contributed by atoms with E-state index in [1.165, 1.54) is 27.2 Å². The average molecular weight is 325 g/mol. The third-order valence-corrected chi connectivity index (χ3v) is 4.38. The van der Waals surface area contributed by atoms with Crippen molar-refractivity contribution in [3.8, 4) is 0 Å². The minimum absolute atomic E-state index is 0.117. The Morgan fingerprint density at radius 1 is 1.04 bits per heavy atom. The topological polar surface area (TPSA) is 33.5 Å². The van der Waals surface area contributed by atoms with Crippen molar-refractivity contribution >= 4 is 5.91 Å². The first-order chi connectivity index (χ1) is 11.6. The highest BCUT2D eigenvalue weighted by atomic mass is 16.2. The first kappa shape index (κ1) is 18.2. The lowest BCUT2D eigenvalue weighted by atomic mass is 10.1. The summed E-state index contributed by atoms with van der Waals surface area (Å²) in [6.07, 6.45) is 1.95. The molecule has 1 atom stereocenters. The van der Waals surface area contributed by atoms with Crippen LogP contribution in [-0.4, -0.2) is 26.0 Å². The zero-order valence-corrected chi connectivity index (χ0v) is 15.1. The fourth-order valence-corrected chi connectivity index (χ4v) is 2.87. The SMILES string of the molecule is CCc1ccc(C[NH+](C)CC(=O)NCCc2ccccc2C)cc1. The molecule has 0 saturated carbocycles. The summed E-state index contributed by atoms with van der Waals surface area (Å²) in [5, 5.41) is 3.03. The molecule has 0 aliphatic heterocycles. The number of nitrogens with one attached hydrogen (secondary N) is 2. The molecule has 3 nitrogen and oxygen atoms in total. The van der Waals surface area contributed by atoms with Crippen LogP contribution in [-0.2, 0) is 24.2 Å². The van der Waals surface area contributed by atoms with Crippen LogP contribution in [0.2, 0.25) is 0 Å². The molecular formula is C21H29N2O+. The zero-order valence-electron chi connectivity index (χ0n) is 15.1. The maximum Gasteiger partial charge on any atom is 0.275 e. The van der Waals surface area contributed by atoms with Gasteiger partial charge in [-0.1, -0.05) is 55.5 Å². The highest BCUT2D eigenvalue weighted by Crippen LogP contribution is 2.06. The van der Waals surface area contributed by atoms with Gasteiger partial charge in [0.2, 0.25) is 0 Å². The van der Waals surface area contributed by atoms with Gasteiger partial charge in [0.05, 0.1) is 7.05 Å². The Kier molecular flexibility index (Phi) is 7.01. The fourth-order valence-electron chi connectivity index (χ4n) is 2.87. The van der Waals surface area contributed by atoms with E-state index in [1.54, 1.807) is 0 Å². The van der Waals surface area contributed by atoms with Gasteiger partial charge >= 0.3 is 0 Å². The van der Waals surface area contributed by atoms with Gasteiger partial charge in [-0.2, -0.15) is 0 Å². The van der Waals surface area contributed by atoms with E-state index in [0.717, 1.165) is 19.4 Å². The monoisotopic (exact) mass is 325 g/mol. The smallest absolute Gasteiger partial charge is 0.275 e. The second-order valence-electron chi connectivity index (χ2n) is 6.51. The molecule has 0 aromatic heterocycles. The van der Waals surface area contributed by atoms with Crippen LogP contribution < -0.4 is 10.2 Å². The van der Waals surface area contributed by atoms with Crippen LogP contribution in [0.15, 0.2) is 48.5 Å². The molecule has 1 unspecified atom stereocenters. The fraction of sp³-hybridized carbons (Fsp3) is 0.381. The molecule has 128 valence electrons. The number of quaternary nitrogens is 1. The van der Waals surface area contributed by atoms with E-state index >= 15 is 0 Å². The molecule has 2 rings (SSSR count). The van der Waals surface area contributed by atoms with Gasteiger partial charge in [0.15, 0.2) is 6.54 Å².